The fourth-order valence-electron chi connectivity index (χ4n) is 2.79. The predicted octanol–water partition coefficient (Wildman–Crippen LogP) is 3.75. The summed E-state index contributed by atoms with van der Waals surface area (Å²) in [5.41, 5.74) is -2.46. The minimum absolute atomic E-state index is 0. The molecule has 0 saturated heterocycles. The largest absolute Gasteiger partial charge is 0.428 e. The first-order valence-corrected chi connectivity index (χ1v) is 7.94. The maximum absolute atomic E-state index is 13.9. The van der Waals surface area contributed by atoms with Gasteiger partial charge < -0.3 is 15.6 Å². The van der Waals surface area contributed by atoms with E-state index in [0.29, 0.717) is 21.1 Å². The van der Waals surface area contributed by atoms with Gasteiger partial charge in [-0.3, -0.25) is 0 Å². The quantitative estimate of drug-likeness (QED) is 0.567. The Morgan fingerprint density at radius 1 is 1.00 bits per heavy atom. The SMILES string of the molecule is O.O[C@](c1nc2ccccc2s1)(c1c[nH]c2ccccc12)C(F)(F)F. The van der Waals surface area contributed by atoms with Crippen LogP contribution in [0.15, 0.2) is 54.7 Å². The summed E-state index contributed by atoms with van der Waals surface area (Å²) < 4.78 is 42.3. The number of fused-ring (bicyclic) bond motifs is 2. The topological polar surface area (TPSA) is 80.4 Å². The Bertz CT molecular complexity index is 1010. The van der Waals surface area contributed by atoms with E-state index in [1.54, 1.807) is 48.5 Å². The molecular weight excluding hydrogens is 353 g/mol. The second-order valence-electron chi connectivity index (χ2n) is 5.44. The fourth-order valence-corrected chi connectivity index (χ4v) is 3.88. The maximum atomic E-state index is 13.9. The molecule has 2 heterocycles. The number of aromatic amines is 1. The standard InChI is InChI=1S/C17H11F3N2OS.H2O/c18-17(19,20)16(23,11-9-21-12-6-2-1-5-10(11)12)15-22-13-7-3-4-8-14(13)24-15;/h1-9,21,23H;1H2/t16-;/m0./s1. The monoisotopic (exact) mass is 366 g/mol. The van der Waals surface area contributed by atoms with Crippen molar-refractivity contribution in [2.75, 3.05) is 0 Å². The number of hydrogen-bond donors (Lipinski definition) is 2. The summed E-state index contributed by atoms with van der Waals surface area (Å²) in [7, 11) is 0. The van der Waals surface area contributed by atoms with Gasteiger partial charge in [-0.1, -0.05) is 30.3 Å². The average Bonchev–Trinajstić information content (AvgIpc) is 3.17. The molecule has 0 radical (unpaired) electrons. The smallest absolute Gasteiger partial charge is 0.412 e. The van der Waals surface area contributed by atoms with Gasteiger partial charge in [-0.15, -0.1) is 11.3 Å². The highest BCUT2D eigenvalue weighted by atomic mass is 32.1. The zero-order valence-corrected chi connectivity index (χ0v) is 13.4. The lowest BCUT2D eigenvalue weighted by molar-refractivity contribution is -0.247. The Kier molecular flexibility index (Phi) is 4.06. The van der Waals surface area contributed by atoms with Gasteiger partial charge in [-0.05, 0) is 18.2 Å². The summed E-state index contributed by atoms with van der Waals surface area (Å²) in [5, 5.41) is 10.7. The van der Waals surface area contributed by atoms with Crippen LogP contribution in [0.1, 0.15) is 10.6 Å². The molecule has 4 rings (SSSR count). The van der Waals surface area contributed by atoms with E-state index >= 15 is 0 Å². The van der Waals surface area contributed by atoms with Crippen molar-refractivity contribution in [2.24, 2.45) is 0 Å². The van der Waals surface area contributed by atoms with Gasteiger partial charge in [0.15, 0.2) is 0 Å². The van der Waals surface area contributed by atoms with Crippen molar-refractivity contribution < 1.29 is 23.8 Å². The van der Waals surface area contributed by atoms with E-state index in [0.717, 1.165) is 11.3 Å². The number of alkyl halides is 3. The molecule has 0 bridgehead atoms. The lowest BCUT2D eigenvalue weighted by atomic mass is 9.93. The summed E-state index contributed by atoms with van der Waals surface area (Å²) in [6.45, 7) is 0. The second kappa shape index (κ2) is 5.83. The number of benzene rings is 2. The van der Waals surface area contributed by atoms with Crippen LogP contribution in [-0.2, 0) is 5.60 Å². The van der Waals surface area contributed by atoms with Gasteiger partial charge in [0.25, 0.3) is 0 Å². The van der Waals surface area contributed by atoms with E-state index in [1.807, 2.05) is 0 Å². The number of hydrogen-bond acceptors (Lipinski definition) is 3. The summed E-state index contributed by atoms with van der Waals surface area (Å²) in [6.07, 6.45) is -3.71. The van der Waals surface area contributed by atoms with E-state index in [2.05, 4.69) is 9.97 Å². The Labute approximate surface area is 143 Å². The third-order valence-corrected chi connectivity index (χ3v) is 5.14. The highest BCUT2D eigenvalue weighted by Gasteiger charge is 2.59. The number of aromatic nitrogens is 2. The Hall–Kier alpha value is -2.42. The first-order chi connectivity index (χ1) is 11.4. The van der Waals surface area contributed by atoms with E-state index in [-0.39, 0.29) is 16.0 Å². The molecule has 130 valence electrons. The van der Waals surface area contributed by atoms with Gasteiger partial charge >= 0.3 is 6.18 Å². The van der Waals surface area contributed by atoms with E-state index < -0.39 is 11.8 Å². The lowest BCUT2D eigenvalue weighted by Crippen LogP contribution is -2.43. The fraction of sp³-hybridized carbons (Fsp3) is 0.118. The minimum Gasteiger partial charge on any atom is -0.412 e. The molecule has 2 aromatic heterocycles. The van der Waals surface area contributed by atoms with Crippen LogP contribution in [0.5, 0.6) is 0 Å². The molecule has 0 spiro atoms. The normalized spacial score (nSPS) is 14.4. The zero-order valence-electron chi connectivity index (χ0n) is 12.6. The molecule has 2 aromatic carbocycles. The number of nitrogens with one attached hydrogen (secondary N) is 1. The molecule has 0 fully saturated rings. The summed E-state index contributed by atoms with van der Waals surface area (Å²) >= 11 is 0.843. The third kappa shape index (κ3) is 2.50. The first kappa shape index (κ1) is 17.4. The molecule has 1 atom stereocenters. The van der Waals surface area contributed by atoms with Crippen LogP contribution in [0.2, 0.25) is 0 Å². The van der Waals surface area contributed by atoms with Crippen molar-refractivity contribution in [1.29, 1.82) is 0 Å². The molecule has 25 heavy (non-hydrogen) atoms. The van der Waals surface area contributed by atoms with Gasteiger partial charge in [-0.25, -0.2) is 4.98 Å². The minimum atomic E-state index is -4.91. The van der Waals surface area contributed by atoms with E-state index in [1.165, 1.54) is 6.20 Å². The van der Waals surface area contributed by atoms with E-state index in [9.17, 15) is 18.3 Å². The van der Waals surface area contributed by atoms with Crippen molar-refractivity contribution >= 4 is 32.5 Å². The zero-order chi connectivity index (χ0) is 16.9. The van der Waals surface area contributed by atoms with E-state index in [4.69, 9.17) is 0 Å². The lowest BCUT2D eigenvalue weighted by Gasteiger charge is -2.28. The number of halogens is 3. The van der Waals surface area contributed by atoms with Crippen molar-refractivity contribution in [3.63, 3.8) is 0 Å². The van der Waals surface area contributed by atoms with Crippen molar-refractivity contribution in [2.45, 2.75) is 11.8 Å². The maximum Gasteiger partial charge on any atom is 0.428 e. The van der Waals surface area contributed by atoms with Crippen molar-refractivity contribution in [3.8, 4) is 0 Å². The van der Waals surface area contributed by atoms with Gasteiger partial charge in [-0.2, -0.15) is 13.2 Å². The molecule has 0 aliphatic carbocycles. The van der Waals surface area contributed by atoms with Gasteiger partial charge in [0.05, 0.1) is 10.2 Å². The number of para-hydroxylation sites is 2. The second-order valence-corrected chi connectivity index (χ2v) is 6.47. The molecule has 4 nitrogen and oxygen atoms in total. The Balaban J connectivity index is 0.00000182. The molecule has 4 aromatic rings. The van der Waals surface area contributed by atoms with Crippen LogP contribution in [0.4, 0.5) is 13.2 Å². The Morgan fingerprint density at radius 2 is 1.68 bits per heavy atom. The van der Waals surface area contributed by atoms with Crippen LogP contribution >= 0.6 is 11.3 Å². The molecule has 4 N–H and O–H groups in total. The van der Waals surface area contributed by atoms with Crippen LogP contribution in [0, 0.1) is 0 Å². The number of H-pyrrole nitrogens is 1. The molecule has 8 heteroatoms. The van der Waals surface area contributed by atoms with Crippen LogP contribution in [0.25, 0.3) is 21.1 Å². The molecular formula is C17H13F3N2O2S. The average molecular weight is 366 g/mol. The molecule has 0 aliphatic heterocycles. The molecule has 0 amide bonds. The molecule has 0 saturated carbocycles. The van der Waals surface area contributed by atoms with Gasteiger partial charge in [0.2, 0.25) is 5.60 Å². The van der Waals surface area contributed by atoms with Crippen LogP contribution < -0.4 is 0 Å². The third-order valence-electron chi connectivity index (χ3n) is 3.99. The van der Waals surface area contributed by atoms with Crippen molar-refractivity contribution in [1.82, 2.24) is 9.97 Å². The van der Waals surface area contributed by atoms with Crippen LogP contribution in [0.3, 0.4) is 0 Å². The Morgan fingerprint density at radius 3 is 2.40 bits per heavy atom. The highest BCUT2D eigenvalue weighted by Crippen LogP contribution is 2.48. The van der Waals surface area contributed by atoms with Gasteiger partial charge in [0, 0.05) is 22.7 Å². The molecule has 0 aliphatic rings. The summed E-state index contributed by atoms with van der Waals surface area (Å²) in [4.78, 5) is 6.83. The predicted molar refractivity (Wildman–Crippen MR) is 90.6 cm³/mol. The number of thiazole rings is 1. The summed E-state index contributed by atoms with van der Waals surface area (Å²) in [6, 6.07) is 13.3. The summed E-state index contributed by atoms with van der Waals surface area (Å²) in [5.74, 6) is 0. The number of nitrogens with zero attached hydrogens (tertiary/aromatic N) is 1. The number of aliphatic hydroxyl groups is 1. The first-order valence-electron chi connectivity index (χ1n) is 7.13. The van der Waals surface area contributed by atoms with Crippen LogP contribution in [-0.4, -0.2) is 26.7 Å². The van der Waals surface area contributed by atoms with Crippen molar-refractivity contribution in [3.05, 3.63) is 65.3 Å². The highest BCUT2D eigenvalue weighted by molar-refractivity contribution is 7.18. The number of rotatable bonds is 2. The molecule has 0 unspecified atom stereocenters. The van der Waals surface area contributed by atoms with Gasteiger partial charge in [0.1, 0.15) is 5.01 Å².